The SMILES string of the molecule is COCCC(C)C(N)c1cccc(OC)c1OC. The Labute approximate surface area is 109 Å². The van der Waals surface area contributed by atoms with Crippen LogP contribution in [0.15, 0.2) is 18.2 Å². The molecule has 0 fully saturated rings. The molecule has 0 bridgehead atoms. The number of rotatable bonds is 7. The van der Waals surface area contributed by atoms with Crippen molar-refractivity contribution in [3.8, 4) is 11.5 Å². The molecule has 0 radical (unpaired) electrons. The molecule has 0 aliphatic carbocycles. The fourth-order valence-electron chi connectivity index (χ4n) is 1.96. The van der Waals surface area contributed by atoms with Gasteiger partial charge >= 0.3 is 0 Å². The van der Waals surface area contributed by atoms with E-state index in [0.717, 1.165) is 17.7 Å². The van der Waals surface area contributed by atoms with Gasteiger partial charge < -0.3 is 19.9 Å². The summed E-state index contributed by atoms with van der Waals surface area (Å²) >= 11 is 0. The van der Waals surface area contributed by atoms with Crippen LogP contribution in [0, 0.1) is 5.92 Å². The van der Waals surface area contributed by atoms with Crippen molar-refractivity contribution in [3.05, 3.63) is 23.8 Å². The average Bonchev–Trinajstić information content (AvgIpc) is 2.42. The predicted molar refractivity (Wildman–Crippen MR) is 72.1 cm³/mol. The molecule has 0 amide bonds. The summed E-state index contributed by atoms with van der Waals surface area (Å²) in [6.45, 7) is 2.82. The van der Waals surface area contributed by atoms with Crippen molar-refractivity contribution in [3.63, 3.8) is 0 Å². The Morgan fingerprint density at radius 2 is 1.89 bits per heavy atom. The number of benzene rings is 1. The maximum absolute atomic E-state index is 6.29. The Morgan fingerprint density at radius 1 is 1.17 bits per heavy atom. The van der Waals surface area contributed by atoms with Crippen molar-refractivity contribution >= 4 is 0 Å². The quantitative estimate of drug-likeness (QED) is 0.810. The number of ether oxygens (including phenoxy) is 3. The molecule has 0 saturated carbocycles. The van der Waals surface area contributed by atoms with Crippen LogP contribution in [-0.2, 0) is 4.74 Å². The lowest BCUT2D eigenvalue weighted by Crippen LogP contribution is -2.21. The third-order valence-electron chi connectivity index (χ3n) is 3.18. The molecular formula is C14H23NO3. The maximum atomic E-state index is 6.29. The Morgan fingerprint density at radius 3 is 2.44 bits per heavy atom. The van der Waals surface area contributed by atoms with Crippen molar-refractivity contribution in [2.24, 2.45) is 11.7 Å². The van der Waals surface area contributed by atoms with Gasteiger partial charge in [0.15, 0.2) is 11.5 Å². The summed E-state index contributed by atoms with van der Waals surface area (Å²) in [5.41, 5.74) is 7.26. The number of hydrogen-bond donors (Lipinski definition) is 1. The number of nitrogens with two attached hydrogens (primary N) is 1. The van der Waals surface area contributed by atoms with Gasteiger partial charge in [-0.25, -0.2) is 0 Å². The van der Waals surface area contributed by atoms with Crippen LogP contribution in [0.25, 0.3) is 0 Å². The van der Waals surface area contributed by atoms with Gasteiger partial charge in [0, 0.05) is 25.3 Å². The first kappa shape index (κ1) is 14.8. The lowest BCUT2D eigenvalue weighted by atomic mass is 9.92. The van der Waals surface area contributed by atoms with Crippen molar-refractivity contribution in [2.45, 2.75) is 19.4 Å². The van der Waals surface area contributed by atoms with Gasteiger partial charge in [-0.15, -0.1) is 0 Å². The topological polar surface area (TPSA) is 53.7 Å². The Balaban J connectivity index is 2.93. The predicted octanol–water partition coefficient (Wildman–Crippen LogP) is 2.38. The fraction of sp³-hybridized carbons (Fsp3) is 0.571. The highest BCUT2D eigenvalue weighted by Gasteiger charge is 2.20. The second kappa shape index (κ2) is 7.24. The third kappa shape index (κ3) is 3.37. The highest BCUT2D eigenvalue weighted by Crippen LogP contribution is 2.36. The zero-order valence-electron chi connectivity index (χ0n) is 11.6. The van der Waals surface area contributed by atoms with E-state index in [1.165, 1.54) is 0 Å². The van der Waals surface area contributed by atoms with E-state index in [1.54, 1.807) is 21.3 Å². The first-order valence-corrected chi connectivity index (χ1v) is 6.11. The van der Waals surface area contributed by atoms with Crippen LogP contribution in [0.1, 0.15) is 24.9 Å². The van der Waals surface area contributed by atoms with E-state index in [4.69, 9.17) is 19.9 Å². The number of para-hydroxylation sites is 1. The molecule has 0 saturated heterocycles. The molecule has 0 heterocycles. The lowest BCUT2D eigenvalue weighted by molar-refractivity contribution is 0.174. The molecule has 102 valence electrons. The van der Waals surface area contributed by atoms with Gasteiger partial charge in [0.05, 0.1) is 14.2 Å². The van der Waals surface area contributed by atoms with E-state index in [0.29, 0.717) is 18.3 Å². The first-order chi connectivity index (χ1) is 8.65. The molecule has 2 N–H and O–H groups in total. The number of hydrogen-bond acceptors (Lipinski definition) is 4. The Bertz CT molecular complexity index is 368. The van der Waals surface area contributed by atoms with Gasteiger partial charge in [-0.1, -0.05) is 19.1 Å². The zero-order valence-corrected chi connectivity index (χ0v) is 11.6. The van der Waals surface area contributed by atoms with Crippen LogP contribution in [0.4, 0.5) is 0 Å². The Kier molecular flexibility index (Phi) is 5.95. The molecule has 1 aromatic carbocycles. The standard InChI is InChI=1S/C14H23NO3/c1-10(8-9-16-2)13(15)11-6-5-7-12(17-3)14(11)18-4/h5-7,10,13H,8-9,15H2,1-4H3. The minimum Gasteiger partial charge on any atom is -0.493 e. The second-order valence-electron chi connectivity index (χ2n) is 4.37. The van der Waals surface area contributed by atoms with Crippen molar-refractivity contribution < 1.29 is 14.2 Å². The van der Waals surface area contributed by atoms with Gasteiger partial charge in [-0.3, -0.25) is 0 Å². The van der Waals surface area contributed by atoms with Gasteiger partial charge in [0.25, 0.3) is 0 Å². The van der Waals surface area contributed by atoms with Gasteiger partial charge in [0.2, 0.25) is 0 Å². The second-order valence-corrected chi connectivity index (χ2v) is 4.37. The molecule has 1 rings (SSSR count). The number of methoxy groups -OCH3 is 3. The molecule has 4 nitrogen and oxygen atoms in total. The molecule has 2 unspecified atom stereocenters. The van der Waals surface area contributed by atoms with Crippen LogP contribution < -0.4 is 15.2 Å². The van der Waals surface area contributed by atoms with Gasteiger partial charge in [0.1, 0.15) is 0 Å². The minimum atomic E-state index is -0.0924. The fourth-order valence-corrected chi connectivity index (χ4v) is 1.96. The summed E-state index contributed by atoms with van der Waals surface area (Å²) in [4.78, 5) is 0. The summed E-state index contributed by atoms with van der Waals surface area (Å²) in [7, 11) is 4.96. The average molecular weight is 253 g/mol. The van der Waals surface area contributed by atoms with E-state index in [-0.39, 0.29) is 6.04 Å². The summed E-state index contributed by atoms with van der Waals surface area (Å²) in [5, 5.41) is 0. The van der Waals surface area contributed by atoms with E-state index in [9.17, 15) is 0 Å². The summed E-state index contributed by atoms with van der Waals surface area (Å²) in [6.07, 6.45) is 0.915. The Hall–Kier alpha value is -1.26. The largest absolute Gasteiger partial charge is 0.493 e. The third-order valence-corrected chi connectivity index (χ3v) is 3.18. The van der Waals surface area contributed by atoms with Crippen LogP contribution in [0.5, 0.6) is 11.5 Å². The first-order valence-electron chi connectivity index (χ1n) is 6.11. The van der Waals surface area contributed by atoms with Crippen molar-refractivity contribution in [1.29, 1.82) is 0 Å². The molecule has 2 atom stereocenters. The summed E-state index contributed by atoms with van der Waals surface area (Å²) in [6, 6.07) is 5.69. The van der Waals surface area contributed by atoms with Gasteiger partial charge in [-0.05, 0) is 18.4 Å². The van der Waals surface area contributed by atoms with E-state index < -0.39 is 0 Å². The summed E-state index contributed by atoms with van der Waals surface area (Å²) < 4.78 is 15.8. The monoisotopic (exact) mass is 253 g/mol. The van der Waals surface area contributed by atoms with Crippen LogP contribution >= 0.6 is 0 Å². The van der Waals surface area contributed by atoms with Crippen LogP contribution in [0.2, 0.25) is 0 Å². The van der Waals surface area contributed by atoms with Crippen LogP contribution in [-0.4, -0.2) is 27.9 Å². The van der Waals surface area contributed by atoms with Crippen LogP contribution in [0.3, 0.4) is 0 Å². The lowest BCUT2D eigenvalue weighted by Gasteiger charge is -2.23. The zero-order chi connectivity index (χ0) is 13.5. The van der Waals surface area contributed by atoms with E-state index in [1.807, 2.05) is 18.2 Å². The minimum absolute atomic E-state index is 0.0924. The summed E-state index contributed by atoms with van der Waals surface area (Å²) in [5.74, 6) is 1.74. The molecule has 0 aliphatic heterocycles. The molecule has 0 aliphatic rings. The van der Waals surface area contributed by atoms with E-state index in [2.05, 4.69) is 6.92 Å². The molecule has 4 heteroatoms. The van der Waals surface area contributed by atoms with Crippen molar-refractivity contribution in [2.75, 3.05) is 27.9 Å². The van der Waals surface area contributed by atoms with Crippen molar-refractivity contribution in [1.82, 2.24) is 0 Å². The maximum Gasteiger partial charge on any atom is 0.165 e. The highest BCUT2D eigenvalue weighted by atomic mass is 16.5. The smallest absolute Gasteiger partial charge is 0.165 e. The molecule has 1 aromatic rings. The molecule has 0 spiro atoms. The normalized spacial score (nSPS) is 14.1. The molecular weight excluding hydrogens is 230 g/mol. The van der Waals surface area contributed by atoms with E-state index >= 15 is 0 Å². The molecule has 0 aromatic heterocycles. The van der Waals surface area contributed by atoms with Gasteiger partial charge in [-0.2, -0.15) is 0 Å². The highest BCUT2D eigenvalue weighted by molar-refractivity contribution is 5.48. The molecule has 18 heavy (non-hydrogen) atoms.